The number of hydrogen-bond donors (Lipinski definition) is 3. The van der Waals surface area contributed by atoms with E-state index in [4.69, 9.17) is 0 Å². The molecule has 31 heavy (non-hydrogen) atoms. The lowest BCUT2D eigenvalue weighted by atomic mass is 10.1. The smallest absolute Gasteiger partial charge is 0.326 e. The summed E-state index contributed by atoms with van der Waals surface area (Å²) in [6, 6.07) is 7.51. The number of amides is 1. The van der Waals surface area contributed by atoms with Gasteiger partial charge in [-0.2, -0.15) is 14.6 Å². The lowest BCUT2D eigenvalue weighted by Crippen LogP contribution is -2.29. The average molecular weight is 420 g/mol. The number of nitrogens with one attached hydrogen (secondary N) is 3. The van der Waals surface area contributed by atoms with Gasteiger partial charge in [-0.05, 0) is 38.0 Å². The Bertz CT molecular complexity index is 1310. The Morgan fingerprint density at radius 2 is 2.06 bits per heavy atom. The molecule has 5 rings (SSSR count). The molecule has 0 spiro atoms. The number of hydrogen-bond acceptors (Lipinski definition) is 6. The minimum atomic E-state index is -0.185. The van der Waals surface area contributed by atoms with Crippen LogP contribution in [0, 0.1) is 6.92 Å². The monoisotopic (exact) mass is 420 g/mol. The topological polar surface area (TPSA) is 122 Å². The molecule has 3 heterocycles. The number of fused-ring (bicyclic) bond motifs is 2. The van der Waals surface area contributed by atoms with E-state index < -0.39 is 0 Å². The van der Waals surface area contributed by atoms with Crippen LogP contribution in [0.1, 0.15) is 47.8 Å². The van der Waals surface area contributed by atoms with Gasteiger partial charge in [-0.15, -0.1) is 0 Å². The highest BCUT2D eigenvalue weighted by molar-refractivity contribution is 5.97. The molecule has 1 saturated carbocycles. The molecule has 1 aromatic carbocycles. The molecular formula is C21H24N8O2. The predicted molar refractivity (Wildman–Crippen MR) is 116 cm³/mol. The van der Waals surface area contributed by atoms with Crippen molar-refractivity contribution in [2.45, 2.75) is 38.6 Å². The van der Waals surface area contributed by atoms with Crippen LogP contribution < -0.4 is 16.3 Å². The number of aromatic amines is 1. The van der Waals surface area contributed by atoms with Gasteiger partial charge < -0.3 is 15.6 Å². The number of anilines is 1. The van der Waals surface area contributed by atoms with Gasteiger partial charge in [0.1, 0.15) is 12.1 Å². The van der Waals surface area contributed by atoms with Crippen molar-refractivity contribution in [1.82, 2.24) is 34.4 Å². The van der Waals surface area contributed by atoms with Gasteiger partial charge >= 0.3 is 5.69 Å². The standard InChI is InChI=1S/C21H24N8O2/c1-13-10-18(29-20(26-13)24-12-25-29)22-8-9-23-19(30)14-6-7-17-16(11-14)27-21(31)28(17)15-4-2-3-5-15/h6-7,10-12,15,22H,2-5,8-9H2,1H3,(H,23,30)(H,27,31). The van der Waals surface area contributed by atoms with E-state index in [2.05, 4.69) is 30.7 Å². The van der Waals surface area contributed by atoms with E-state index in [1.54, 1.807) is 16.6 Å². The van der Waals surface area contributed by atoms with Gasteiger partial charge in [-0.25, -0.2) is 9.78 Å². The summed E-state index contributed by atoms with van der Waals surface area (Å²) in [5.41, 5.74) is 2.81. The predicted octanol–water partition coefficient (Wildman–Crippen LogP) is 2.03. The van der Waals surface area contributed by atoms with E-state index in [9.17, 15) is 9.59 Å². The van der Waals surface area contributed by atoms with Crippen LogP contribution in [0.3, 0.4) is 0 Å². The molecule has 0 bridgehead atoms. The second kappa shape index (κ2) is 7.86. The number of aryl methyl sites for hydroxylation is 1. The van der Waals surface area contributed by atoms with Gasteiger partial charge in [-0.1, -0.05) is 12.8 Å². The third-order valence-corrected chi connectivity index (χ3v) is 5.77. The van der Waals surface area contributed by atoms with E-state index in [1.807, 2.05) is 23.6 Å². The van der Waals surface area contributed by atoms with Crippen LogP contribution in [0.15, 0.2) is 35.4 Å². The second-order valence-corrected chi connectivity index (χ2v) is 7.91. The zero-order valence-electron chi connectivity index (χ0n) is 17.3. The van der Waals surface area contributed by atoms with Gasteiger partial charge in [0, 0.05) is 36.5 Å². The van der Waals surface area contributed by atoms with Crippen LogP contribution >= 0.6 is 0 Å². The molecule has 0 atom stereocenters. The molecule has 0 aliphatic heterocycles. The van der Waals surface area contributed by atoms with Crippen molar-refractivity contribution in [2.75, 3.05) is 18.4 Å². The zero-order valence-corrected chi connectivity index (χ0v) is 17.3. The summed E-state index contributed by atoms with van der Waals surface area (Å²) in [4.78, 5) is 36.3. The molecular weight excluding hydrogens is 396 g/mol. The van der Waals surface area contributed by atoms with E-state index in [0.29, 0.717) is 29.9 Å². The number of rotatable bonds is 6. The molecule has 0 radical (unpaired) electrons. The molecule has 4 aromatic rings. The summed E-state index contributed by atoms with van der Waals surface area (Å²) < 4.78 is 3.46. The summed E-state index contributed by atoms with van der Waals surface area (Å²) >= 11 is 0. The highest BCUT2D eigenvalue weighted by Crippen LogP contribution is 2.30. The van der Waals surface area contributed by atoms with Gasteiger partial charge in [0.05, 0.1) is 11.0 Å². The zero-order chi connectivity index (χ0) is 21.4. The van der Waals surface area contributed by atoms with Crippen LogP contribution in [0.4, 0.5) is 5.82 Å². The van der Waals surface area contributed by atoms with Crippen molar-refractivity contribution >= 4 is 28.5 Å². The Hall–Kier alpha value is -3.69. The van der Waals surface area contributed by atoms with E-state index in [1.165, 1.54) is 6.33 Å². The quantitative estimate of drug-likeness (QED) is 0.410. The molecule has 0 saturated heterocycles. The first kappa shape index (κ1) is 19.3. The van der Waals surface area contributed by atoms with Crippen molar-refractivity contribution in [1.29, 1.82) is 0 Å². The highest BCUT2D eigenvalue weighted by Gasteiger charge is 2.21. The summed E-state index contributed by atoms with van der Waals surface area (Å²) in [6.07, 6.45) is 5.81. The molecule has 1 aliphatic rings. The Balaban J connectivity index is 1.24. The second-order valence-electron chi connectivity index (χ2n) is 7.91. The Labute approximate surface area is 177 Å². The largest absolute Gasteiger partial charge is 0.368 e. The molecule has 1 aliphatic carbocycles. The van der Waals surface area contributed by atoms with Crippen LogP contribution in [-0.4, -0.2) is 48.1 Å². The van der Waals surface area contributed by atoms with Crippen molar-refractivity contribution in [3.05, 3.63) is 52.3 Å². The first-order valence-electron chi connectivity index (χ1n) is 10.5. The Morgan fingerprint density at radius 3 is 2.90 bits per heavy atom. The van der Waals surface area contributed by atoms with Gasteiger partial charge in [-0.3, -0.25) is 9.36 Å². The molecule has 1 fully saturated rings. The maximum Gasteiger partial charge on any atom is 0.326 e. The van der Waals surface area contributed by atoms with Crippen molar-refractivity contribution in [2.24, 2.45) is 0 Å². The first-order valence-corrected chi connectivity index (χ1v) is 10.5. The normalized spacial score (nSPS) is 14.5. The van der Waals surface area contributed by atoms with Crippen LogP contribution in [-0.2, 0) is 0 Å². The number of H-pyrrole nitrogens is 1. The Morgan fingerprint density at radius 1 is 1.23 bits per heavy atom. The molecule has 160 valence electrons. The van der Waals surface area contributed by atoms with Gasteiger partial charge in [0.2, 0.25) is 0 Å². The minimum Gasteiger partial charge on any atom is -0.368 e. The third kappa shape index (κ3) is 3.65. The van der Waals surface area contributed by atoms with Crippen LogP contribution in [0.25, 0.3) is 16.8 Å². The maximum absolute atomic E-state index is 12.6. The molecule has 1 amide bonds. The summed E-state index contributed by atoms with van der Waals surface area (Å²) in [6.45, 7) is 2.83. The molecule has 3 aromatic heterocycles. The fourth-order valence-electron chi connectivity index (χ4n) is 4.32. The van der Waals surface area contributed by atoms with Crippen LogP contribution in [0.2, 0.25) is 0 Å². The number of benzene rings is 1. The average Bonchev–Trinajstić information content (AvgIpc) is 3.49. The molecule has 10 heteroatoms. The summed E-state index contributed by atoms with van der Waals surface area (Å²) in [5.74, 6) is 1.11. The Kier molecular flexibility index (Phi) is 4.89. The SMILES string of the molecule is Cc1cc(NCCNC(=O)c2ccc3c(c2)[nH]c(=O)n3C2CCCC2)n2ncnc2n1. The lowest BCUT2D eigenvalue weighted by Gasteiger charge is -2.11. The summed E-state index contributed by atoms with van der Waals surface area (Å²) in [7, 11) is 0. The van der Waals surface area contributed by atoms with Crippen LogP contribution in [0.5, 0.6) is 0 Å². The minimum absolute atomic E-state index is 0.101. The van der Waals surface area contributed by atoms with Crippen molar-refractivity contribution < 1.29 is 4.79 Å². The maximum atomic E-state index is 12.6. The fraction of sp³-hybridized carbons (Fsp3) is 0.381. The number of aromatic nitrogens is 6. The highest BCUT2D eigenvalue weighted by atomic mass is 16.2. The van der Waals surface area contributed by atoms with E-state index >= 15 is 0 Å². The molecule has 0 unspecified atom stereocenters. The third-order valence-electron chi connectivity index (χ3n) is 5.77. The number of carbonyl (C=O) groups is 1. The lowest BCUT2D eigenvalue weighted by molar-refractivity contribution is 0.0955. The van der Waals surface area contributed by atoms with E-state index in [-0.39, 0.29) is 17.6 Å². The summed E-state index contributed by atoms with van der Waals surface area (Å²) in [5, 5.41) is 10.3. The number of nitrogens with zero attached hydrogens (tertiary/aromatic N) is 5. The fourth-order valence-corrected chi connectivity index (χ4v) is 4.32. The first-order chi connectivity index (χ1) is 15.1. The molecule has 10 nitrogen and oxygen atoms in total. The number of carbonyl (C=O) groups excluding carboxylic acids is 1. The van der Waals surface area contributed by atoms with Crippen molar-refractivity contribution in [3.8, 4) is 0 Å². The van der Waals surface area contributed by atoms with Gasteiger partial charge in [0.15, 0.2) is 0 Å². The van der Waals surface area contributed by atoms with Crippen molar-refractivity contribution in [3.63, 3.8) is 0 Å². The van der Waals surface area contributed by atoms with E-state index in [0.717, 1.165) is 42.7 Å². The van der Waals surface area contributed by atoms with Gasteiger partial charge in [0.25, 0.3) is 11.7 Å². The molecule has 3 N–H and O–H groups in total. The number of imidazole rings is 1.